The van der Waals surface area contributed by atoms with Gasteiger partial charge in [0.1, 0.15) is 31.0 Å². The summed E-state index contributed by atoms with van der Waals surface area (Å²) < 4.78 is 32.2. The number of carbonyl (C=O) groups excluding carboxylic acids is 3. The molecule has 0 unspecified atom stereocenters. The topological polar surface area (TPSA) is 101 Å². The molecule has 2 heterocycles. The van der Waals surface area contributed by atoms with Crippen molar-refractivity contribution in [2.45, 2.75) is 90.3 Å². The van der Waals surface area contributed by atoms with Crippen LogP contribution in [0.3, 0.4) is 0 Å². The van der Waals surface area contributed by atoms with Gasteiger partial charge in [0.15, 0.2) is 6.29 Å². The largest absolute Gasteiger partial charge is 0.462 e. The number of fused-ring (bicyclic) bond motifs is 1. The van der Waals surface area contributed by atoms with Gasteiger partial charge in [-0.1, -0.05) is 92.4 Å². The molecule has 0 aliphatic carbocycles. The lowest BCUT2D eigenvalue weighted by atomic mass is 9.94. The average molecular weight is 674 g/mol. The van der Waals surface area contributed by atoms with Gasteiger partial charge in [-0.3, -0.25) is 19.3 Å². The van der Waals surface area contributed by atoms with Gasteiger partial charge in [-0.2, -0.15) is 0 Å². The zero-order valence-corrected chi connectivity index (χ0v) is 29.7. The summed E-state index contributed by atoms with van der Waals surface area (Å²) in [5.74, 6) is -1.29. The van der Waals surface area contributed by atoms with Gasteiger partial charge in [-0.15, -0.1) is 0 Å². The molecular formula is C38H47NO8Si. The molecule has 48 heavy (non-hydrogen) atoms. The Kier molecular flexibility index (Phi) is 11.3. The van der Waals surface area contributed by atoms with Crippen LogP contribution in [0.1, 0.15) is 52.6 Å². The first-order valence-corrected chi connectivity index (χ1v) is 20.3. The number of carbonyl (C=O) groups is 3. The predicted octanol–water partition coefficient (Wildman–Crippen LogP) is 6.49. The SMILES string of the molecule is CC(C)(C)C(=O)OC[C@H]1O[C@@H](OCC[Si](C)(C)C)[C@H](N2C(=O)c3ccccc3C2=O)[C@@H](OCc2ccccc2)[C@@H]1OCc1ccccc1. The van der Waals surface area contributed by atoms with E-state index in [-0.39, 0.29) is 19.8 Å². The summed E-state index contributed by atoms with van der Waals surface area (Å²) in [6.07, 6.45) is -3.66. The lowest BCUT2D eigenvalue weighted by Crippen LogP contribution is -2.67. The number of esters is 1. The van der Waals surface area contributed by atoms with Gasteiger partial charge in [-0.05, 0) is 50.1 Å². The Morgan fingerprint density at radius 1 is 0.750 bits per heavy atom. The fourth-order valence-corrected chi connectivity index (χ4v) is 6.43. The molecule has 10 heteroatoms. The van der Waals surface area contributed by atoms with Crippen molar-refractivity contribution in [3.63, 3.8) is 0 Å². The van der Waals surface area contributed by atoms with E-state index in [1.54, 1.807) is 45.0 Å². The van der Waals surface area contributed by atoms with Crippen LogP contribution in [0.4, 0.5) is 0 Å². The van der Waals surface area contributed by atoms with Crippen LogP contribution in [0.2, 0.25) is 25.7 Å². The molecule has 2 amide bonds. The van der Waals surface area contributed by atoms with Crippen LogP contribution >= 0.6 is 0 Å². The highest BCUT2D eigenvalue weighted by molar-refractivity contribution is 6.76. The second-order valence-electron chi connectivity index (χ2n) is 14.6. The van der Waals surface area contributed by atoms with E-state index in [9.17, 15) is 14.4 Å². The number of imide groups is 1. The normalized spacial score (nSPS) is 22.9. The maximum atomic E-state index is 14.0. The minimum atomic E-state index is -1.54. The third kappa shape index (κ3) is 8.67. The number of rotatable bonds is 13. The standard InChI is InChI=1S/C38H47NO8Si/c1-38(2,3)37(42)46-25-30-32(44-23-26-15-9-7-10-16-26)33(45-24-27-17-11-8-12-18-27)31(36(47-30)43-21-22-48(4,5)6)39-34(40)28-19-13-14-20-29(28)35(39)41/h7-20,30-33,36H,21-25H2,1-6H3/t30-,31-,32-,33-,36-/m1/s1. The summed E-state index contributed by atoms with van der Waals surface area (Å²) in [6.45, 7) is 12.7. The number of ether oxygens (including phenoxy) is 5. The molecule has 0 radical (unpaired) electrons. The van der Waals surface area contributed by atoms with Crippen molar-refractivity contribution < 1.29 is 38.1 Å². The maximum absolute atomic E-state index is 14.0. The molecule has 1 saturated heterocycles. The lowest BCUT2D eigenvalue weighted by Gasteiger charge is -2.48. The number of hydrogen-bond donors (Lipinski definition) is 0. The molecule has 0 aromatic heterocycles. The molecular weight excluding hydrogens is 627 g/mol. The van der Waals surface area contributed by atoms with E-state index >= 15 is 0 Å². The first-order chi connectivity index (χ1) is 22.8. The van der Waals surface area contributed by atoms with Gasteiger partial charge in [0.2, 0.25) is 0 Å². The Bertz CT molecular complexity index is 1520. The van der Waals surface area contributed by atoms with E-state index in [0.29, 0.717) is 17.7 Å². The fraction of sp³-hybridized carbons (Fsp3) is 0.447. The van der Waals surface area contributed by atoms with Crippen LogP contribution < -0.4 is 0 Å². The van der Waals surface area contributed by atoms with Crippen molar-refractivity contribution in [3.8, 4) is 0 Å². The highest BCUT2D eigenvalue weighted by atomic mass is 28.3. The highest BCUT2D eigenvalue weighted by Gasteiger charge is 2.55. The predicted molar refractivity (Wildman–Crippen MR) is 184 cm³/mol. The monoisotopic (exact) mass is 673 g/mol. The van der Waals surface area contributed by atoms with E-state index in [2.05, 4.69) is 19.6 Å². The minimum absolute atomic E-state index is 0.135. The average Bonchev–Trinajstić information content (AvgIpc) is 3.30. The molecule has 0 N–H and O–H groups in total. The summed E-state index contributed by atoms with van der Waals surface area (Å²) in [5, 5.41) is 0. The van der Waals surface area contributed by atoms with Crippen LogP contribution in [0.15, 0.2) is 84.9 Å². The Labute approximate surface area is 284 Å². The summed E-state index contributed by atoms with van der Waals surface area (Å²) in [7, 11) is -1.54. The van der Waals surface area contributed by atoms with Crippen LogP contribution in [0.5, 0.6) is 0 Å². The Morgan fingerprint density at radius 2 is 1.25 bits per heavy atom. The third-order valence-electron chi connectivity index (χ3n) is 8.43. The smallest absolute Gasteiger partial charge is 0.311 e. The second kappa shape index (κ2) is 15.3. The van der Waals surface area contributed by atoms with Crippen LogP contribution in [0, 0.1) is 5.41 Å². The first-order valence-electron chi connectivity index (χ1n) is 16.6. The van der Waals surface area contributed by atoms with Gasteiger partial charge in [0.25, 0.3) is 11.8 Å². The molecule has 0 saturated carbocycles. The van der Waals surface area contributed by atoms with Gasteiger partial charge >= 0.3 is 5.97 Å². The van der Waals surface area contributed by atoms with Crippen molar-refractivity contribution >= 4 is 25.9 Å². The second-order valence-corrected chi connectivity index (χ2v) is 20.2. The zero-order chi connectivity index (χ0) is 34.5. The van der Waals surface area contributed by atoms with Gasteiger partial charge in [0, 0.05) is 14.7 Å². The Morgan fingerprint density at radius 3 is 1.75 bits per heavy atom. The lowest BCUT2D eigenvalue weighted by molar-refractivity contribution is -0.296. The molecule has 0 spiro atoms. The van der Waals surface area contributed by atoms with Crippen molar-refractivity contribution in [1.82, 2.24) is 4.90 Å². The molecule has 9 nitrogen and oxygen atoms in total. The zero-order valence-electron chi connectivity index (χ0n) is 28.7. The highest BCUT2D eigenvalue weighted by Crippen LogP contribution is 2.36. The number of hydrogen-bond acceptors (Lipinski definition) is 8. The van der Waals surface area contributed by atoms with Gasteiger partial charge in [-0.25, -0.2) is 0 Å². The van der Waals surface area contributed by atoms with Crippen molar-refractivity contribution in [1.29, 1.82) is 0 Å². The van der Waals surface area contributed by atoms with Crippen molar-refractivity contribution in [2.75, 3.05) is 13.2 Å². The number of nitrogens with zero attached hydrogens (tertiary/aromatic N) is 1. The molecule has 2 aliphatic rings. The van der Waals surface area contributed by atoms with Crippen molar-refractivity contribution in [3.05, 3.63) is 107 Å². The molecule has 256 valence electrons. The van der Waals surface area contributed by atoms with Gasteiger partial charge in [0.05, 0.1) is 29.8 Å². The molecule has 1 fully saturated rings. The fourth-order valence-electron chi connectivity index (χ4n) is 5.69. The van der Waals surface area contributed by atoms with Crippen molar-refractivity contribution in [2.24, 2.45) is 5.41 Å². The molecule has 0 bridgehead atoms. The first kappa shape index (κ1) is 35.6. The Balaban J connectivity index is 1.56. The van der Waals surface area contributed by atoms with Crippen LogP contribution in [-0.2, 0) is 41.7 Å². The molecule has 2 aliphatic heterocycles. The summed E-state index contributed by atoms with van der Waals surface area (Å²) in [5.41, 5.74) is 1.70. The van der Waals surface area contributed by atoms with E-state index in [1.807, 2.05) is 60.7 Å². The van der Waals surface area contributed by atoms with E-state index in [4.69, 9.17) is 23.7 Å². The quantitative estimate of drug-likeness (QED) is 0.115. The number of amides is 2. The summed E-state index contributed by atoms with van der Waals surface area (Å²) in [4.78, 5) is 42.2. The molecule has 3 aromatic rings. The summed E-state index contributed by atoms with van der Waals surface area (Å²) >= 11 is 0. The van der Waals surface area contributed by atoms with E-state index in [1.165, 1.54) is 4.90 Å². The third-order valence-corrected chi connectivity index (χ3v) is 10.1. The van der Waals surface area contributed by atoms with Gasteiger partial charge < -0.3 is 23.7 Å². The van der Waals surface area contributed by atoms with Crippen LogP contribution in [0.25, 0.3) is 0 Å². The molecule has 5 rings (SSSR count). The Hall–Kier alpha value is -3.67. The minimum Gasteiger partial charge on any atom is -0.462 e. The summed E-state index contributed by atoms with van der Waals surface area (Å²) in [6, 6.07) is 25.9. The molecule has 5 atom stereocenters. The van der Waals surface area contributed by atoms with E-state index < -0.39 is 61.9 Å². The maximum Gasteiger partial charge on any atom is 0.311 e. The number of benzene rings is 3. The van der Waals surface area contributed by atoms with E-state index in [0.717, 1.165) is 17.2 Å². The molecule has 3 aromatic carbocycles. The van der Waals surface area contributed by atoms with Crippen LogP contribution in [-0.4, -0.2) is 74.6 Å².